The van der Waals surface area contributed by atoms with Crippen molar-refractivity contribution in [2.45, 2.75) is 51.9 Å². The van der Waals surface area contributed by atoms with Crippen LogP contribution in [-0.4, -0.2) is 45.9 Å². The van der Waals surface area contributed by atoms with Crippen LogP contribution in [0, 0.1) is 5.92 Å². The summed E-state index contributed by atoms with van der Waals surface area (Å²) in [5.74, 6) is 2.56. The Morgan fingerprint density at radius 3 is 2.48 bits per heavy atom. The van der Waals surface area contributed by atoms with Crippen LogP contribution >= 0.6 is 0 Å². The van der Waals surface area contributed by atoms with E-state index in [2.05, 4.69) is 53.7 Å². The van der Waals surface area contributed by atoms with E-state index in [1.165, 1.54) is 12.0 Å². The molecule has 0 unspecified atom stereocenters. The number of benzene rings is 1. The highest BCUT2D eigenvalue weighted by Crippen LogP contribution is 2.35. The molecule has 1 aliphatic heterocycles. The zero-order chi connectivity index (χ0) is 19.5. The van der Waals surface area contributed by atoms with Crippen LogP contribution in [0.4, 0.5) is 0 Å². The molecule has 1 heterocycles. The molecule has 152 valence electrons. The molecule has 1 aromatic carbocycles. The van der Waals surface area contributed by atoms with Crippen LogP contribution in [0.1, 0.15) is 52.0 Å². The Balaban J connectivity index is 1.98. The number of hydrogen-bond donors (Lipinski definition) is 2. The first-order valence-corrected chi connectivity index (χ1v) is 10.4. The van der Waals surface area contributed by atoms with Gasteiger partial charge in [-0.2, -0.15) is 0 Å². The normalized spacial score (nSPS) is 17.0. The minimum absolute atomic E-state index is 0.0680. The van der Waals surface area contributed by atoms with Crippen LogP contribution in [0.2, 0.25) is 0 Å². The van der Waals surface area contributed by atoms with E-state index in [-0.39, 0.29) is 5.41 Å². The van der Waals surface area contributed by atoms with Crippen molar-refractivity contribution in [2.24, 2.45) is 10.9 Å². The number of aliphatic imine (C=N–C) groups is 1. The van der Waals surface area contributed by atoms with E-state index < -0.39 is 0 Å². The summed E-state index contributed by atoms with van der Waals surface area (Å²) in [5.41, 5.74) is 1.41. The maximum absolute atomic E-state index is 5.65. The summed E-state index contributed by atoms with van der Waals surface area (Å²) >= 11 is 0. The largest absolute Gasteiger partial charge is 0.494 e. The van der Waals surface area contributed by atoms with Gasteiger partial charge in [0, 0.05) is 38.8 Å². The van der Waals surface area contributed by atoms with E-state index >= 15 is 0 Å². The summed E-state index contributed by atoms with van der Waals surface area (Å²) in [5, 5.41) is 7.00. The third-order valence-electron chi connectivity index (χ3n) is 5.30. The van der Waals surface area contributed by atoms with Gasteiger partial charge in [0.1, 0.15) is 5.75 Å². The lowest BCUT2D eigenvalue weighted by atomic mass is 9.74. The van der Waals surface area contributed by atoms with Gasteiger partial charge in [-0.25, -0.2) is 0 Å². The number of guanidine groups is 1. The highest BCUT2D eigenvalue weighted by atomic mass is 16.5. The van der Waals surface area contributed by atoms with E-state index in [1.54, 1.807) is 0 Å². The van der Waals surface area contributed by atoms with Crippen LogP contribution in [0.15, 0.2) is 29.3 Å². The van der Waals surface area contributed by atoms with Gasteiger partial charge in [0.2, 0.25) is 0 Å². The molecule has 1 fully saturated rings. The topological polar surface area (TPSA) is 54.9 Å². The van der Waals surface area contributed by atoms with Crippen LogP contribution in [-0.2, 0) is 10.2 Å². The molecule has 5 heteroatoms. The molecular weight excluding hydrogens is 338 g/mol. The molecule has 0 radical (unpaired) electrons. The molecule has 0 aromatic heterocycles. The summed E-state index contributed by atoms with van der Waals surface area (Å²) in [6.45, 7) is 10.6. The van der Waals surface area contributed by atoms with Gasteiger partial charge in [-0.3, -0.25) is 4.99 Å². The van der Waals surface area contributed by atoms with Crippen molar-refractivity contribution in [3.8, 4) is 5.75 Å². The number of ether oxygens (including phenoxy) is 2. The molecule has 5 nitrogen and oxygen atoms in total. The predicted octanol–water partition coefficient (Wildman–Crippen LogP) is 3.73. The quantitative estimate of drug-likeness (QED) is 0.392. The van der Waals surface area contributed by atoms with Crippen molar-refractivity contribution in [1.82, 2.24) is 10.6 Å². The zero-order valence-corrected chi connectivity index (χ0v) is 17.5. The first-order valence-electron chi connectivity index (χ1n) is 10.4. The first-order chi connectivity index (χ1) is 13.1. The molecule has 0 atom stereocenters. The third kappa shape index (κ3) is 6.73. The monoisotopic (exact) mass is 375 g/mol. The molecule has 1 aromatic rings. The summed E-state index contributed by atoms with van der Waals surface area (Å²) in [6.07, 6.45) is 4.42. The smallest absolute Gasteiger partial charge is 0.191 e. The number of nitrogens with zero attached hydrogens (tertiary/aromatic N) is 1. The lowest BCUT2D eigenvalue weighted by Crippen LogP contribution is -2.48. The Morgan fingerprint density at radius 2 is 1.89 bits per heavy atom. The van der Waals surface area contributed by atoms with Gasteiger partial charge in [-0.1, -0.05) is 26.0 Å². The Hall–Kier alpha value is -1.75. The van der Waals surface area contributed by atoms with E-state index in [4.69, 9.17) is 9.47 Å². The molecule has 0 bridgehead atoms. The second-order valence-electron chi connectivity index (χ2n) is 7.74. The zero-order valence-electron chi connectivity index (χ0n) is 17.5. The molecule has 0 spiro atoms. The van der Waals surface area contributed by atoms with Crippen LogP contribution in [0.5, 0.6) is 5.75 Å². The van der Waals surface area contributed by atoms with Crippen LogP contribution in [0.25, 0.3) is 0 Å². The highest BCUT2D eigenvalue weighted by Gasteiger charge is 2.34. The number of hydrogen-bond acceptors (Lipinski definition) is 3. The van der Waals surface area contributed by atoms with Gasteiger partial charge in [0.15, 0.2) is 5.96 Å². The maximum Gasteiger partial charge on any atom is 0.191 e. The average Bonchev–Trinajstić information content (AvgIpc) is 2.69. The van der Waals surface area contributed by atoms with Crippen molar-refractivity contribution < 1.29 is 9.47 Å². The standard InChI is InChI=1S/C22H37N3O2/c1-5-27-20-10-8-19(9-11-20)22(12-15-26-16-13-22)17-25-21(23-4)24-14-6-7-18(2)3/h8-11,18H,5-7,12-17H2,1-4H3,(H2,23,24,25). The Labute approximate surface area is 164 Å². The van der Waals surface area contributed by atoms with E-state index in [1.807, 2.05) is 14.0 Å². The molecule has 0 aliphatic carbocycles. The third-order valence-corrected chi connectivity index (χ3v) is 5.30. The van der Waals surface area contributed by atoms with Crippen LogP contribution in [0.3, 0.4) is 0 Å². The lowest BCUT2D eigenvalue weighted by molar-refractivity contribution is 0.0513. The fourth-order valence-electron chi connectivity index (χ4n) is 3.59. The molecule has 27 heavy (non-hydrogen) atoms. The Bertz CT molecular complexity index is 563. The fourth-order valence-corrected chi connectivity index (χ4v) is 3.59. The number of rotatable bonds is 9. The van der Waals surface area contributed by atoms with E-state index in [0.717, 1.165) is 63.2 Å². The second-order valence-corrected chi connectivity index (χ2v) is 7.74. The molecule has 2 N–H and O–H groups in total. The van der Waals surface area contributed by atoms with Crippen molar-refractivity contribution >= 4 is 5.96 Å². The molecular formula is C22H37N3O2. The predicted molar refractivity (Wildman–Crippen MR) is 113 cm³/mol. The van der Waals surface area contributed by atoms with E-state index in [0.29, 0.717) is 6.61 Å². The Kier molecular flexibility index (Phi) is 8.92. The number of nitrogens with one attached hydrogen (secondary N) is 2. The molecule has 1 aliphatic rings. The molecule has 0 amide bonds. The lowest BCUT2D eigenvalue weighted by Gasteiger charge is -2.38. The minimum Gasteiger partial charge on any atom is -0.494 e. The van der Waals surface area contributed by atoms with Gasteiger partial charge < -0.3 is 20.1 Å². The van der Waals surface area contributed by atoms with Crippen molar-refractivity contribution in [3.63, 3.8) is 0 Å². The molecule has 2 rings (SSSR count). The summed E-state index contributed by atoms with van der Waals surface area (Å²) in [4.78, 5) is 4.40. The highest BCUT2D eigenvalue weighted by molar-refractivity contribution is 5.79. The molecule has 0 saturated carbocycles. The van der Waals surface area contributed by atoms with Crippen molar-refractivity contribution in [3.05, 3.63) is 29.8 Å². The Morgan fingerprint density at radius 1 is 1.19 bits per heavy atom. The summed E-state index contributed by atoms with van der Waals surface area (Å²) in [7, 11) is 1.84. The van der Waals surface area contributed by atoms with Crippen molar-refractivity contribution in [2.75, 3.05) is 40.0 Å². The fraction of sp³-hybridized carbons (Fsp3) is 0.682. The summed E-state index contributed by atoms with van der Waals surface area (Å²) in [6, 6.07) is 8.57. The molecule has 1 saturated heterocycles. The minimum atomic E-state index is 0.0680. The first kappa shape index (κ1) is 21.5. The van der Waals surface area contributed by atoms with Gasteiger partial charge in [-0.15, -0.1) is 0 Å². The van der Waals surface area contributed by atoms with E-state index in [9.17, 15) is 0 Å². The average molecular weight is 376 g/mol. The van der Waals surface area contributed by atoms with Gasteiger partial charge in [0.25, 0.3) is 0 Å². The van der Waals surface area contributed by atoms with Crippen LogP contribution < -0.4 is 15.4 Å². The second kappa shape index (κ2) is 11.2. The maximum atomic E-state index is 5.65. The van der Waals surface area contributed by atoms with Gasteiger partial charge >= 0.3 is 0 Å². The van der Waals surface area contributed by atoms with Gasteiger partial charge in [-0.05, 0) is 56.2 Å². The van der Waals surface area contributed by atoms with Crippen molar-refractivity contribution in [1.29, 1.82) is 0 Å². The van der Waals surface area contributed by atoms with Gasteiger partial charge in [0.05, 0.1) is 6.61 Å². The SMILES string of the molecule is CCOc1ccc(C2(CNC(=NC)NCCCC(C)C)CCOCC2)cc1. The summed E-state index contributed by atoms with van der Waals surface area (Å²) < 4.78 is 11.2.